The number of hydrogen-bond donors (Lipinski definition) is 2. The van der Waals surface area contributed by atoms with Gasteiger partial charge in [0.05, 0.1) is 10.6 Å². The number of nitrogens with zero attached hydrogens (tertiary/aromatic N) is 1. The SMILES string of the molecule is CCCc1ccc(Oc2cccc(Cl)c2C(N)=NO)cc1. The number of nitrogens with two attached hydrogens (primary N) is 1. The van der Waals surface area contributed by atoms with E-state index in [-0.39, 0.29) is 5.84 Å². The van der Waals surface area contributed by atoms with Crippen LogP contribution >= 0.6 is 11.6 Å². The van der Waals surface area contributed by atoms with Gasteiger partial charge in [0.25, 0.3) is 0 Å². The Morgan fingerprint density at radius 1 is 1.24 bits per heavy atom. The minimum absolute atomic E-state index is 0.0850. The van der Waals surface area contributed by atoms with Crippen molar-refractivity contribution in [1.29, 1.82) is 0 Å². The first kappa shape index (κ1) is 15.2. The van der Waals surface area contributed by atoms with Crippen LogP contribution in [0.3, 0.4) is 0 Å². The zero-order valence-corrected chi connectivity index (χ0v) is 12.5. The summed E-state index contributed by atoms with van der Waals surface area (Å²) >= 11 is 6.08. The molecule has 3 N–H and O–H groups in total. The minimum atomic E-state index is -0.0850. The largest absolute Gasteiger partial charge is 0.457 e. The van der Waals surface area contributed by atoms with Crippen molar-refractivity contribution >= 4 is 17.4 Å². The van der Waals surface area contributed by atoms with Crippen LogP contribution in [0.5, 0.6) is 11.5 Å². The highest BCUT2D eigenvalue weighted by molar-refractivity contribution is 6.34. The Bertz CT molecular complexity index is 639. The van der Waals surface area contributed by atoms with Crippen molar-refractivity contribution < 1.29 is 9.94 Å². The third kappa shape index (κ3) is 3.67. The molecule has 2 aromatic rings. The Morgan fingerprint density at radius 3 is 2.57 bits per heavy atom. The number of amidine groups is 1. The predicted octanol–water partition coefficient (Wildman–Crippen LogP) is 4.18. The van der Waals surface area contributed by atoms with E-state index in [1.807, 2.05) is 24.3 Å². The Morgan fingerprint density at radius 2 is 1.95 bits per heavy atom. The van der Waals surface area contributed by atoms with Crippen molar-refractivity contribution in [2.24, 2.45) is 10.9 Å². The second-order valence-corrected chi connectivity index (χ2v) is 5.00. The van der Waals surface area contributed by atoms with Crippen molar-refractivity contribution in [2.75, 3.05) is 0 Å². The zero-order valence-electron chi connectivity index (χ0n) is 11.7. The molecule has 0 heterocycles. The van der Waals surface area contributed by atoms with E-state index in [1.165, 1.54) is 5.56 Å². The first-order chi connectivity index (χ1) is 10.2. The number of ether oxygens (including phenoxy) is 1. The second-order valence-electron chi connectivity index (χ2n) is 4.59. The Balaban J connectivity index is 2.29. The average Bonchev–Trinajstić information content (AvgIpc) is 2.49. The molecule has 4 nitrogen and oxygen atoms in total. The molecule has 0 aliphatic carbocycles. The van der Waals surface area contributed by atoms with Crippen LogP contribution in [-0.2, 0) is 6.42 Å². The van der Waals surface area contributed by atoms with Crippen LogP contribution in [0, 0.1) is 0 Å². The molecule has 2 aromatic carbocycles. The zero-order chi connectivity index (χ0) is 15.2. The molecule has 2 rings (SSSR count). The average molecular weight is 305 g/mol. The van der Waals surface area contributed by atoms with Gasteiger partial charge in [-0.05, 0) is 36.2 Å². The lowest BCUT2D eigenvalue weighted by molar-refractivity contribution is 0.318. The van der Waals surface area contributed by atoms with Gasteiger partial charge < -0.3 is 15.7 Å². The van der Waals surface area contributed by atoms with Gasteiger partial charge in [0, 0.05) is 0 Å². The molecule has 5 heteroatoms. The maximum atomic E-state index is 8.85. The van der Waals surface area contributed by atoms with Gasteiger partial charge in [-0.3, -0.25) is 0 Å². The number of oxime groups is 1. The standard InChI is InChI=1S/C16H17ClN2O2/c1-2-4-11-7-9-12(10-8-11)21-14-6-3-5-13(17)15(14)16(18)19-20/h3,5-10,20H,2,4H2,1H3,(H2,18,19). The molecule has 0 aliphatic heterocycles. The minimum Gasteiger partial charge on any atom is -0.457 e. The lowest BCUT2D eigenvalue weighted by Gasteiger charge is -2.12. The van der Waals surface area contributed by atoms with Gasteiger partial charge in [0.1, 0.15) is 11.5 Å². The summed E-state index contributed by atoms with van der Waals surface area (Å²) in [5.74, 6) is 1.03. The lowest BCUT2D eigenvalue weighted by atomic mass is 10.1. The summed E-state index contributed by atoms with van der Waals surface area (Å²) < 4.78 is 5.79. The number of aryl methyl sites for hydroxylation is 1. The summed E-state index contributed by atoms with van der Waals surface area (Å²) in [6, 6.07) is 13.0. The summed E-state index contributed by atoms with van der Waals surface area (Å²) in [5, 5.41) is 12.2. The molecule has 0 fully saturated rings. The lowest BCUT2D eigenvalue weighted by Crippen LogP contribution is -2.14. The van der Waals surface area contributed by atoms with Crippen LogP contribution in [0.1, 0.15) is 24.5 Å². The number of halogens is 1. The van der Waals surface area contributed by atoms with Gasteiger partial charge in [0.15, 0.2) is 5.84 Å². The monoisotopic (exact) mass is 304 g/mol. The van der Waals surface area contributed by atoms with Crippen LogP contribution in [0.15, 0.2) is 47.6 Å². The molecule has 0 spiro atoms. The fourth-order valence-corrected chi connectivity index (χ4v) is 2.29. The van der Waals surface area contributed by atoms with E-state index >= 15 is 0 Å². The predicted molar refractivity (Wildman–Crippen MR) is 84.5 cm³/mol. The van der Waals surface area contributed by atoms with Crippen molar-refractivity contribution in [3.8, 4) is 11.5 Å². The van der Waals surface area contributed by atoms with E-state index in [2.05, 4.69) is 12.1 Å². The van der Waals surface area contributed by atoms with E-state index in [1.54, 1.807) is 18.2 Å². The Hall–Kier alpha value is -2.20. The van der Waals surface area contributed by atoms with Crippen LogP contribution in [-0.4, -0.2) is 11.0 Å². The highest BCUT2D eigenvalue weighted by Gasteiger charge is 2.13. The van der Waals surface area contributed by atoms with Gasteiger partial charge in [0.2, 0.25) is 0 Å². The van der Waals surface area contributed by atoms with E-state index in [0.29, 0.717) is 22.1 Å². The summed E-state index contributed by atoms with van der Waals surface area (Å²) in [4.78, 5) is 0. The van der Waals surface area contributed by atoms with E-state index in [0.717, 1.165) is 12.8 Å². The molecule has 0 saturated heterocycles. The van der Waals surface area contributed by atoms with Crippen molar-refractivity contribution in [3.63, 3.8) is 0 Å². The molecule has 0 saturated carbocycles. The first-order valence-corrected chi connectivity index (χ1v) is 7.06. The molecule has 0 bridgehead atoms. The van der Waals surface area contributed by atoms with Crippen molar-refractivity contribution in [3.05, 3.63) is 58.6 Å². The molecule has 0 aromatic heterocycles. The van der Waals surface area contributed by atoms with E-state index in [4.69, 9.17) is 27.3 Å². The molecule has 0 unspecified atom stereocenters. The highest BCUT2D eigenvalue weighted by Crippen LogP contribution is 2.30. The van der Waals surface area contributed by atoms with Gasteiger partial charge in [-0.2, -0.15) is 0 Å². The number of rotatable bonds is 5. The maximum absolute atomic E-state index is 8.85. The molecule has 110 valence electrons. The number of hydrogen-bond acceptors (Lipinski definition) is 3. The van der Waals surface area contributed by atoms with Crippen molar-refractivity contribution in [1.82, 2.24) is 0 Å². The van der Waals surface area contributed by atoms with Gasteiger partial charge in [-0.25, -0.2) is 0 Å². The van der Waals surface area contributed by atoms with Gasteiger partial charge in [-0.1, -0.05) is 48.3 Å². The van der Waals surface area contributed by atoms with Crippen LogP contribution in [0.2, 0.25) is 5.02 Å². The van der Waals surface area contributed by atoms with Crippen molar-refractivity contribution in [2.45, 2.75) is 19.8 Å². The molecule has 0 atom stereocenters. The van der Waals surface area contributed by atoms with E-state index < -0.39 is 0 Å². The summed E-state index contributed by atoms with van der Waals surface area (Å²) in [6.07, 6.45) is 2.13. The summed E-state index contributed by atoms with van der Waals surface area (Å²) in [5.41, 5.74) is 7.28. The van der Waals surface area contributed by atoms with Gasteiger partial charge in [-0.15, -0.1) is 0 Å². The quantitative estimate of drug-likeness (QED) is 0.377. The van der Waals surface area contributed by atoms with Gasteiger partial charge >= 0.3 is 0 Å². The molecular weight excluding hydrogens is 288 g/mol. The second kappa shape index (κ2) is 6.99. The maximum Gasteiger partial charge on any atom is 0.175 e. The highest BCUT2D eigenvalue weighted by atomic mass is 35.5. The fourth-order valence-electron chi connectivity index (χ4n) is 2.03. The van der Waals surface area contributed by atoms with Crippen LogP contribution in [0.25, 0.3) is 0 Å². The molecule has 21 heavy (non-hydrogen) atoms. The Kier molecular flexibility index (Phi) is 5.06. The summed E-state index contributed by atoms with van der Waals surface area (Å²) in [6.45, 7) is 2.14. The third-order valence-electron chi connectivity index (χ3n) is 3.03. The van der Waals surface area contributed by atoms with Crippen LogP contribution < -0.4 is 10.5 Å². The van der Waals surface area contributed by atoms with E-state index in [9.17, 15) is 0 Å². The smallest absolute Gasteiger partial charge is 0.175 e. The summed E-state index contributed by atoms with van der Waals surface area (Å²) in [7, 11) is 0. The normalized spacial score (nSPS) is 11.4. The Labute approximate surface area is 128 Å². The van der Waals surface area contributed by atoms with Crippen LogP contribution in [0.4, 0.5) is 0 Å². The third-order valence-corrected chi connectivity index (χ3v) is 3.34. The molecule has 0 aliphatic rings. The first-order valence-electron chi connectivity index (χ1n) is 6.69. The molecular formula is C16H17ClN2O2. The topological polar surface area (TPSA) is 67.8 Å². The molecule has 0 radical (unpaired) electrons. The number of benzene rings is 2. The fraction of sp³-hybridized carbons (Fsp3) is 0.188. The molecule has 0 amide bonds.